The van der Waals surface area contributed by atoms with Crippen molar-refractivity contribution in [3.05, 3.63) is 22.7 Å². The quantitative estimate of drug-likeness (QED) is 0.812. The highest BCUT2D eigenvalue weighted by molar-refractivity contribution is 9.10. The van der Waals surface area contributed by atoms with Crippen molar-refractivity contribution in [2.45, 2.75) is 11.3 Å². The highest BCUT2D eigenvalue weighted by Crippen LogP contribution is 2.23. The summed E-state index contributed by atoms with van der Waals surface area (Å²) in [5.41, 5.74) is 11.1. The molecular weight excluding hydrogens is 280 g/mol. The van der Waals surface area contributed by atoms with E-state index < -0.39 is 16.7 Å². The van der Waals surface area contributed by atoms with Crippen molar-refractivity contribution in [1.29, 1.82) is 0 Å². The van der Waals surface area contributed by atoms with E-state index in [-0.39, 0.29) is 12.2 Å². The lowest BCUT2D eigenvalue weighted by atomic mass is 10.3. The van der Waals surface area contributed by atoms with Gasteiger partial charge in [-0.3, -0.25) is 9.00 Å². The maximum atomic E-state index is 11.7. The van der Waals surface area contributed by atoms with Gasteiger partial charge in [0.1, 0.15) is 0 Å². The zero-order chi connectivity index (χ0) is 11.4. The molecule has 1 rings (SSSR count). The number of rotatable bonds is 4. The Morgan fingerprint density at radius 1 is 1.47 bits per heavy atom. The standard InChI is InChI=1S/C9H11BrN2O2S/c10-7-5-6(11)1-2-8(7)15(14)4-3-9(12)13/h1-2,5H,3-4,11H2,(H2,12,13). The fourth-order valence-electron chi connectivity index (χ4n) is 1.00. The molecule has 4 N–H and O–H groups in total. The molecule has 0 bridgehead atoms. The molecule has 4 nitrogen and oxygen atoms in total. The van der Waals surface area contributed by atoms with Gasteiger partial charge in [0, 0.05) is 22.3 Å². The Bertz CT molecular complexity index is 409. The molecule has 0 saturated carbocycles. The number of hydrogen-bond acceptors (Lipinski definition) is 3. The van der Waals surface area contributed by atoms with Crippen LogP contribution in [-0.2, 0) is 15.6 Å². The molecule has 0 aliphatic heterocycles. The van der Waals surface area contributed by atoms with Gasteiger partial charge in [-0.1, -0.05) is 0 Å². The van der Waals surface area contributed by atoms with Crippen LogP contribution in [0.1, 0.15) is 6.42 Å². The number of nitrogen functional groups attached to an aromatic ring is 1. The minimum atomic E-state index is -1.23. The first kappa shape index (κ1) is 12.2. The summed E-state index contributed by atoms with van der Waals surface area (Å²) in [5, 5.41) is 0. The molecule has 15 heavy (non-hydrogen) atoms. The second-order valence-electron chi connectivity index (χ2n) is 2.96. The summed E-state index contributed by atoms with van der Waals surface area (Å²) in [7, 11) is -1.23. The minimum absolute atomic E-state index is 0.115. The average molecular weight is 291 g/mol. The second kappa shape index (κ2) is 5.27. The van der Waals surface area contributed by atoms with Gasteiger partial charge >= 0.3 is 0 Å². The lowest BCUT2D eigenvalue weighted by Crippen LogP contribution is -2.14. The summed E-state index contributed by atoms with van der Waals surface area (Å²) in [4.78, 5) is 11.2. The van der Waals surface area contributed by atoms with E-state index in [1.165, 1.54) is 0 Å². The van der Waals surface area contributed by atoms with Gasteiger partial charge in [-0.15, -0.1) is 0 Å². The molecule has 1 atom stereocenters. The van der Waals surface area contributed by atoms with E-state index in [4.69, 9.17) is 11.5 Å². The van der Waals surface area contributed by atoms with Crippen molar-refractivity contribution in [2.24, 2.45) is 5.73 Å². The largest absolute Gasteiger partial charge is 0.399 e. The van der Waals surface area contributed by atoms with Crippen LogP contribution in [0.2, 0.25) is 0 Å². The summed E-state index contributed by atoms with van der Waals surface area (Å²) < 4.78 is 12.4. The van der Waals surface area contributed by atoms with Crippen LogP contribution < -0.4 is 11.5 Å². The van der Waals surface area contributed by atoms with Gasteiger partial charge in [0.05, 0.1) is 15.7 Å². The van der Waals surface area contributed by atoms with E-state index in [9.17, 15) is 9.00 Å². The van der Waals surface area contributed by atoms with Crippen molar-refractivity contribution < 1.29 is 9.00 Å². The number of benzene rings is 1. The third-order valence-electron chi connectivity index (χ3n) is 1.74. The van der Waals surface area contributed by atoms with Crippen LogP contribution in [0.4, 0.5) is 5.69 Å². The monoisotopic (exact) mass is 290 g/mol. The molecular formula is C9H11BrN2O2S. The van der Waals surface area contributed by atoms with Crippen LogP contribution in [0.15, 0.2) is 27.6 Å². The highest BCUT2D eigenvalue weighted by atomic mass is 79.9. The molecule has 82 valence electrons. The van der Waals surface area contributed by atoms with Crippen molar-refractivity contribution in [3.8, 4) is 0 Å². The summed E-state index contributed by atoms with van der Waals surface area (Å²) in [6, 6.07) is 5.02. The lowest BCUT2D eigenvalue weighted by molar-refractivity contribution is -0.117. The molecule has 0 aromatic heterocycles. The number of anilines is 1. The molecule has 0 spiro atoms. The molecule has 1 aromatic rings. The SMILES string of the molecule is NC(=O)CCS(=O)c1ccc(N)cc1Br. The molecule has 6 heteroatoms. The summed E-state index contributed by atoms with van der Waals surface area (Å²) in [5.74, 6) is -0.215. The number of halogens is 1. The summed E-state index contributed by atoms with van der Waals surface area (Å²) >= 11 is 3.27. The first-order chi connectivity index (χ1) is 7.00. The van der Waals surface area contributed by atoms with Gasteiger partial charge in [-0.05, 0) is 34.1 Å². The predicted octanol–water partition coefficient (Wildman–Crippen LogP) is 1.01. The van der Waals surface area contributed by atoms with Gasteiger partial charge in [-0.2, -0.15) is 0 Å². The Hall–Kier alpha value is -0.880. The second-order valence-corrected chi connectivity index (χ2v) is 5.35. The zero-order valence-corrected chi connectivity index (χ0v) is 10.3. The van der Waals surface area contributed by atoms with Gasteiger partial charge in [0.15, 0.2) is 0 Å². The van der Waals surface area contributed by atoms with E-state index in [0.717, 1.165) is 0 Å². The molecule has 0 aliphatic rings. The number of carbonyl (C=O) groups excluding carboxylic acids is 1. The van der Waals surface area contributed by atoms with E-state index in [1.54, 1.807) is 18.2 Å². The number of hydrogen-bond donors (Lipinski definition) is 2. The molecule has 0 fully saturated rings. The lowest BCUT2D eigenvalue weighted by Gasteiger charge is -2.04. The topological polar surface area (TPSA) is 86.2 Å². The van der Waals surface area contributed by atoms with E-state index in [1.807, 2.05) is 0 Å². The van der Waals surface area contributed by atoms with Crippen molar-refractivity contribution >= 4 is 38.3 Å². The number of carbonyl (C=O) groups is 1. The fraction of sp³-hybridized carbons (Fsp3) is 0.222. The van der Waals surface area contributed by atoms with Crippen LogP contribution in [0.25, 0.3) is 0 Å². The normalized spacial score (nSPS) is 12.3. The van der Waals surface area contributed by atoms with Gasteiger partial charge in [-0.25, -0.2) is 0 Å². The zero-order valence-electron chi connectivity index (χ0n) is 7.90. The third-order valence-corrected chi connectivity index (χ3v) is 4.08. The van der Waals surface area contributed by atoms with Gasteiger partial charge in [0.25, 0.3) is 0 Å². The Kier molecular flexibility index (Phi) is 4.28. The number of primary amides is 1. The molecule has 1 aromatic carbocycles. The molecule has 0 aliphatic carbocycles. The molecule has 1 amide bonds. The summed E-state index contributed by atoms with van der Waals surface area (Å²) in [6.45, 7) is 0. The van der Waals surface area contributed by atoms with E-state index >= 15 is 0 Å². The predicted molar refractivity (Wildman–Crippen MR) is 63.6 cm³/mol. The van der Waals surface area contributed by atoms with Crippen LogP contribution >= 0.6 is 15.9 Å². The maximum absolute atomic E-state index is 11.7. The average Bonchev–Trinajstić information content (AvgIpc) is 2.14. The van der Waals surface area contributed by atoms with Crippen molar-refractivity contribution in [2.75, 3.05) is 11.5 Å². The number of amides is 1. The first-order valence-electron chi connectivity index (χ1n) is 4.22. The molecule has 0 radical (unpaired) electrons. The Morgan fingerprint density at radius 3 is 2.67 bits per heavy atom. The Balaban J connectivity index is 2.78. The van der Waals surface area contributed by atoms with Crippen molar-refractivity contribution in [3.63, 3.8) is 0 Å². The summed E-state index contributed by atoms with van der Waals surface area (Å²) in [6.07, 6.45) is 0.115. The highest BCUT2D eigenvalue weighted by Gasteiger charge is 2.09. The Labute approximate surface area is 98.6 Å². The Morgan fingerprint density at radius 2 is 2.13 bits per heavy atom. The van der Waals surface area contributed by atoms with E-state index in [0.29, 0.717) is 15.1 Å². The van der Waals surface area contributed by atoms with Crippen LogP contribution in [0, 0.1) is 0 Å². The number of nitrogens with two attached hydrogens (primary N) is 2. The first-order valence-corrected chi connectivity index (χ1v) is 6.33. The van der Waals surface area contributed by atoms with Gasteiger partial charge < -0.3 is 11.5 Å². The van der Waals surface area contributed by atoms with E-state index in [2.05, 4.69) is 15.9 Å². The maximum Gasteiger partial charge on any atom is 0.218 e. The molecule has 0 saturated heterocycles. The third kappa shape index (κ3) is 3.64. The van der Waals surface area contributed by atoms with Gasteiger partial charge in [0.2, 0.25) is 5.91 Å². The minimum Gasteiger partial charge on any atom is -0.399 e. The van der Waals surface area contributed by atoms with Crippen molar-refractivity contribution in [1.82, 2.24) is 0 Å². The fourth-order valence-corrected chi connectivity index (χ4v) is 3.05. The van der Waals surface area contributed by atoms with Crippen LogP contribution in [-0.4, -0.2) is 15.9 Å². The van der Waals surface area contributed by atoms with Crippen LogP contribution in [0.5, 0.6) is 0 Å². The van der Waals surface area contributed by atoms with Crippen LogP contribution in [0.3, 0.4) is 0 Å². The smallest absolute Gasteiger partial charge is 0.218 e. The molecule has 0 heterocycles. The molecule has 1 unspecified atom stereocenters.